The molecule has 52 valence electrons. The van der Waals surface area contributed by atoms with E-state index in [1.54, 1.807) is 0 Å². The van der Waals surface area contributed by atoms with Gasteiger partial charge in [0.2, 0.25) is 0 Å². The smallest absolute Gasteiger partial charge is 0.0200 e. The van der Waals surface area contributed by atoms with Crippen LogP contribution in [0.4, 0.5) is 0 Å². The van der Waals surface area contributed by atoms with Gasteiger partial charge in [0.1, 0.15) is 0 Å². The van der Waals surface area contributed by atoms with Gasteiger partial charge in [-0.25, -0.2) is 0 Å². The van der Waals surface area contributed by atoms with Gasteiger partial charge in [0, 0.05) is 0 Å². The van der Waals surface area contributed by atoms with Crippen molar-refractivity contribution in [2.75, 3.05) is 0 Å². The summed E-state index contributed by atoms with van der Waals surface area (Å²) in [5.74, 6) is 1.74. The van der Waals surface area contributed by atoms with Crippen molar-refractivity contribution in [1.29, 1.82) is 0 Å². The summed E-state index contributed by atoms with van der Waals surface area (Å²) in [5.41, 5.74) is 0.513. The number of rotatable bonds is 1. The molecule has 0 aromatic rings. The highest BCUT2D eigenvalue weighted by molar-refractivity contribution is 5.02. The quantitative estimate of drug-likeness (QED) is 0.471. The second kappa shape index (κ2) is 1.86. The van der Waals surface area contributed by atoms with Crippen molar-refractivity contribution in [3.05, 3.63) is 12.7 Å². The van der Waals surface area contributed by atoms with E-state index >= 15 is 0 Å². The Morgan fingerprint density at radius 1 is 1.44 bits per heavy atom. The average Bonchev–Trinajstić information content (AvgIpc) is 2.39. The van der Waals surface area contributed by atoms with Crippen LogP contribution in [0, 0.1) is 17.3 Å². The van der Waals surface area contributed by atoms with Crippen LogP contribution in [-0.2, 0) is 0 Å². The molecular formula is C9H16. The predicted molar refractivity (Wildman–Crippen MR) is 41.2 cm³/mol. The summed E-state index contributed by atoms with van der Waals surface area (Å²) in [6.45, 7) is 10.7. The number of allylic oxidation sites excluding steroid dienone is 1. The third kappa shape index (κ3) is 1.35. The van der Waals surface area contributed by atoms with E-state index < -0.39 is 0 Å². The van der Waals surface area contributed by atoms with Crippen LogP contribution in [0.1, 0.15) is 27.2 Å². The highest BCUT2D eigenvalue weighted by atomic mass is 14.5. The van der Waals surface area contributed by atoms with Crippen molar-refractivity contribution in [3.63, 3.8) is 0 Å². The Bertz CT molecular complexity index is 116. The summed E-state index contributed by atoms with van der Waals surface area (Å²) in [4.78, 5) is 0. The van der Waals surface area contributed by atoms with Gasteiger partial charge in [-0.2, -0.15) is 0 Å². The third-order valence-corrected chi connectivity index (χ3v) is 2.25. The molecule has 2 atom stereocenters. The van der Waals surface area contributed by atoms with Gasteiger partial charge in [0.05, 0.1) is 0 Å². The molecule has 9 heavy (non-hydrogen) atoms. The first-order chi connectivity index (χ1) is 4.05. The Morgan fingerprint density at radius 3 is 2.11 bits per heavy atom. The van der Waals surface area contributed by atoms with Crippen molar-refractivity contribution in [1.82, 2.24) is 0 Å². The highest BCUT2D eigenvalue weighted by Gasteiger charge is 2.42. The maximum Gasteiger partial charge on any atom is -0.0200 e. The van der Waals surface area contributed by atoms with E-state index in [1.807, 2.05) is 0 Å². The van der Waals surface area contributed by atoms with Crippen LogP contribution >= 0.6 is 0 Å². The van der Waals surface area contributed by atoms with Gasteiger partial charge in [0.25, 0.3) is 0 Å². The van der Waals surface area contributed by atoms with Gasteiger partial charge >= 0.3 is 0 Å². The molecule has 1 aliphatic carbocycles. The lowest BCUT2D eigenvalue weighted by atomic mass is 9.89. The maximum absolute atomic E-state index is 3.79. The Labute approximate surface area is 58.0 Å². The molecule has 0 spiro atoms. The molecule has 1 aliphatic rings. The van der Waals surface area contributed by atoms with E-state index in [2.05, 4.69) is 33.4 Å². The minimum absolute atomic E-state index is 0.513. The van der Waals surface area contributed by atoms with E-state index in [0.29, 0.717) is 5.41 Å². The molecule has 0 N–H and O–H groups in total. The summed E-state index contributed by atoms with van der Waals surface area (Å²) < 4.78 is 0. The predicted octanol–water partition coefficient (Wildman–Crippen LogP) is 2.85. The van der Waals surface area contributed by atoms with Crippen LogP contribution < -0.4 is 0 Å². The van der Waals surface area contributed by atoms with Gasteiger partial charge in [-0.1, -0.05) is 26.8 Å². The Morgan fingerprint density at radius 2 is 2.00 bits per heavy atom. The normalized spacial score (nSPS) is 34.1. The number of hydrogen-bond acceptors (Lipinski definition) is 0. The fourth-order valence-corrected chi connectivity index (χ4v) is 1.47. The Balaban J connectivity index is 2.42. The standard InChI is InChI=1S/C9H16/c1-5-7-6-8(7)9(2,3)4/h5,7-8H,1,6H2,2-4H3. The van der Waals surface area contributed by atoms with Crippen LogP contribution in [0.15, 0.2) is 12.7 Å². The van der Waals surface area contributed by atoms with Crippen LogP contribution in [-0.4, -0.2) is 0 Å². The third-order valence-electron chi connectivity index (χ3n) is 2.25. The summed E-state index contributed by atoms with van der Waals surface area (Å²) in [6.07, 6.45) is 3.46. The van der Waals surface area contributed by atoms with E-state index in [-0.39, 0.29) is 0 Å². The van der Waals surface area contributed by atoms with Gasteiger partial charge in [-0.15, -0.1) is 6.58 Å². The van der Waals surface area contributed by atoms with E-state index in [1.165, 1.54) is 6.42 Å². The molecule has 0 saturated heterocycles. The Kier molecular flexibility index (Phi) is 1.42. The van der Waals surface area contributed by atoms with E-state index in [0.717, 1.165) is 11.8 Å². The van der Waals surface area contributed by atoms with Crippen LogP contribution in [0.5, 0.6) is 0 Å². The minimum atomic E-state index is 0.513. The lowest BCUT2D eigenvalue weighted by Gasteiger charge is -2.16. The molecule has 0 aromatic carbocycles. The fraction of sp³-hybridized carbons (Fsp3) is 0.778. The van der Waals surface area contributed by atoms with Crippen LogP contribution in [0.25, 0.3) is 0 Å². The van der Waals surface area contributed by atoms with Gasteiger partial charge < -0.3 is 0 Å². The largest absolute Gasteiger partial charge is 0.103 e. The zero-order valence-corrected chi connectivity index (χ0v) is 6.65. The first-order valence-electron chi connectivity index (χ1n) is 3.68. The second-order valence-electron chi connectivity index (χ2n) is 4.11. The monoisotopic (exact) mass is 124 g/mol. The molecule has 0 heterocycles. The second-order valence-corrected chi connectivity index (χ2v) is 4.11. The fourth-order valence-electron chi connectivity index (χ4n) is 1.47. The molecule has 0 aliphatic heterocycles. The first-order valence-corrected chi connectivity index (χ1v) is 3.68. The van der Waals surface area contributed by atoms with E-state index in [9.17, 15) is 0 Å². The average molecular weight is 124 g/mol. The van der Waals surface area contributed by atoms with Gasteiger partial charge in [0.15, 0.2) is 0 Å². The van der Waals surface area contributed by atoms with Gasteiger partial charge in [-0.05, 0) is 23.7 Å². The summed E-state index contributed by atoms with van der Waals surface area (Å²) >= 11 is 0. The molecule has 1 rings (SSSR count). The lowest BCUT2D eigenvalue weighted by Crippen LogP contribution is -2.08. The highest BCUT2D eigenvalue weighted by Crippen LogP contribution is 2.50. The lowest BCUT2D eigenvalue weighted by molar-refractivity contribution is 0.340. The van der Waals surface area contributed by atoms with E-state index in [4.69, 9.17) is 0 Å². The zero-order valence-electron chi connectivity index (χ0n) is 6.65. The molecule has 0 amide bonds. The molecule has 1 saturated carbocycles. The molecule has 0 aromatic heterocycles. The minimum Gasteiger partial charge on any atom is -0.103 e. The molecular weight excluding hydrogens is 108 g/mol. The summed E-state index contributed by atoms with van der Waals surface area (Å²) in [5, 5.41) is 0. The van der Waals surface area contributed by atoms with Crippen molar-refractivity contribution in [2.45, 2.75) is 27.2 Å². The Hall–Kier alpha value is -0.260. The maximum atomic E-state index is 3.79. The molecule has 1 fully saturated rings. The van der Waals surface area contributed by atoms with Crippen molar-refractivity contribution in [3.8, 4) is 0 Å². The zero-order chi connectivity index (χ0) is 7.07. The summed E-state index contributed by atoms with van der Waals surface area (Å²) in [6, 6.07) is 0. The SMILES string of the molecule is C=CC1CC1C(C)(C)C. The topological polar surface area (TPSA) is 0 Å². The summed E-state index contributed by atoms with van der Waals surface area (Å²) in [7, 11) is 0. The van der Waals surface area contributed by atoms with Crippen molar-refractivity contribution >= 4 is 0 Å². The molecule has 0 radical (unpaired) electrons. The van der Waals surface area contributed by atoms with Gasteiger partial charge in [-0.3, -0.25) is 0 Å². The molecule has 0 bridgehead atoms. The number of hydrogen-bond donors (Lipinski definition) is 0. The molecule has 2 unspecified atom stereocenters. The molecule has 0 heteroatoms. The molecule has 0 nitrogen and oxygen atoms in total. The van der Waals surface area contributed by atoms with Crippen LogP contribution in [0.3, 0.4) is 0 Å². The van der Waals surface area contributed by atoms with Crippen molar-refractivity contribution < 1.29 is 0 Å². The first kappa shape index (κ1) is 6.85. The van der Waals surface area contributed by atoms with Crippen molar-refractivity contribution in [2.24, 2.45) is 17.3 Å². The van der Waals surface area contributed by atoms with Crippen LogP contribution in [0.2, 0.25) is 0 Å².